The van der Waals surface area contributed by atoms with E-state index in [-0.39, 0.29) is 0 Å². The van der Waals surface area contributed by atoms with Gasteiger partial charge in [0.05, 0.1) is 13.2 Å². The van der Waals surface area contributed by atoms with Crippen LogP contribution in [0.25, 0.3) is 10.8 Å². The summed E-state index contributed by atoms with van der Waals surface area (Å²) in [5.74, 6) is 1.85. The molecule has 0 amide bonds. The van der Waals surface area contributed by atoms with Crippen molar-refractivity contribution in [2.75, 3.05) is 26.4 Å². The second-order valence-electron chi connectivity index (χ2n) is 16.5. The van der Waals surface area contributed by atoms with Gasteiger partial charge in [-0.25, -0.2) is 0 Å². The molecule has 0 fully saturated rings. The molecule has 0 heterocycles. The third-order valence-electron chi connectivity index (χ3n) is 11.5. The fourth-order valence-electron chi connectivity index (χ4n) is 7.93. The van der Waals surface area contributed by atoms with Crippen LogP contribution in [0.2, 0.25) is 0 Å². The number of aliphatic hydroxyl groups excluding tert-OH is 2. The molecule has 4 heteroatoms. The molecule has 0 unspecified atom stereocenters. The summed E-state index contributed by atoms with van der Waals surface area (Å²) in [5, 5.41) is 20.1. The quantitative estimate of drug-likeness (QED) is 0.0663. The summed E-state index contributed by atoms with van der Waals surface area (Å²) in [6.45, 7) is 2.25. The summed E-state index contributed by atoms with van der Waals surface area (Å²) in [7, 11) is 0. The molecular formula is C50H88O4. The average molecular weight is 753 g/mol. The van der Waals surface area contributed by atoms with E-state index in [1.807, 2.05) is 0 Å². The molecule has 0 aromatic heterocycles. The first-order valence-corrected chi connectivity index (χ1v) is 23.9. The number of hydrogen-bond donors (Lipinski definition) is 2. The highest BCUT2D eigenvalue weighted by atomic mass is 16.5. The SMILES string of the molecule is OCCCCCCCCCCCCCCCCCCCCOc1ccc2ccccc2c1OCCCCCCCCCCCCCCCCCCCCO. The van der Waals surface area contributed by atoms with Crippen molar-refractivity contribution in [1.29, 1.82) is 0 Å². The zero-order valence-electron chi connectivity index (χ0n) is 35.5. The fraction of sp³-hybridized carbons (Fsp3) is 0.800. The summed E-state index contributed by atoms with van der Waals surface area (Å²) in [4.78, 5) is 0. The summed E-state index contributed by atoms with van der Waals surface area (Å²) in [5.41, 5.74) is 0. The van der Waals surface area contributed by atoms with Crippen LogP contribution >= 0.6 is 0 Å². The Balaban J connectivity index is 1.42. The molecule has 2 rings (SSSR count). The van der Waals surface area contributed by atoms with Crippen molar-refractivity contribution in [1.82, 2.24) is 0 Å². The van der Waals surface area contributed by atoms with Gasteiger partial charge in [0.25, 0.3) is 0 Å². The summed E-state index contributed by atoms with van der Waals surface area (Å²) in [6.07, 6.45) is 47.9. The van der Waals surface area contributed by atoms with Crippen LogP contribution in [0.3, 0.4) is 0 Å². The van der Waals surface area contributed by atoms with E-state index >= 15 is 0 Å². The standard InChI is InChI=1S/C50H88O4/c51-43-35-29-25-21-17-13-9-5-1-3-7-11-15-19-23-27-31-37-45-53-49-42-41-47-39-33-34-40-48(47)50(49)54-46-38-32-28-24-20-16-12-8-4-2-6-10-14-18-22-26-30-36-44-52/h33-34,39-42,51-52H,1-32,35-38,43-46H2. The summed E-state index contributed by atoms with van der Waals surface area (Å²) >= 11 is 0. The van der Waals surface area contributed by atoms with E-state index in [1.54, 1.807) is 0 Å². The molecule has 4 nitrogen and oxygen atoms in total. The zero-order chi connectivity index (χ0) is 38.3. The van der Waals surface area contributed by atoms with E-state index in [0.29, 0.717) is 13.2 Å². The molecule has 0 saturated carbocycles. The molecule has 2 aromatic carbocycles. The van der Waals surface area contributed by atoms with E-state index in [0.717, 1.165) is 50.4 Å². The molecule has 312 valence electrons. The molecule has 0 aliphatic heterocycles. The molecule has 0 atom stereocenters. The Bertz CT molecular complexity index is 1050. The molecule has 0 aliphatic carbocycles. The molecule has 0 aliphatic rings. The predicted molar refractivity (Wildman–Crippen MR) is 235 cm³/mol. The van der Waals surface area contributed by atoms with E-state index in [2.05, 4.69) is 36.4 Å². The minimum atomic E-state index is 0.359. The lowest BCUT2D eigenvalue weighted by Crippen LogP contribution is -2.03. The van der Waals surface area contributed by atoms with Crippen molar-refractivity contribution in [2.24, 2.45) is 0 Å². The van der Waals surface area contributed by atoms with E-state index in [9.17, 15) is 0 Å². The largest absolute Gasteiger partial charge is 0.490 e. The maximum atomic E-state index is 8.85. The van der Waals surface area contributed by atoms with Crippen LogP contribution < -0.4 is 9.47 Å². The Labute approximate surface area is 335 Å². The first-order valence-electron chi connectivity index (χ1n) is 23.9. The van der Waals surface area contributed by atoms with Gasteiger partial charge in [-0.2, -0.15) is 0 Å². The highest BCUT2D eigenvalue weighted by Crippen LogP contribution is 2.36. The van der Waals surface area contributed by atoms with Crippen LogP contribution in [0.15, 0.2) is 36.4 Å². The summed E-state index contributed by atoms with van der Waals surface area (Å²) < 4.78 is 12.8. The number of ether oxygens (including phenoxy) is 2. The van der Waals surface area contributed by atoms with E-state index < -0.39 is 0 Å². The van der Waals surface area contributed by atoms with Gasteiger partial charge in [0.1, 0.15) is 0 Å². The van der Waals surface area contributed by atoms with Gasteiger partial charge in [0.15, 0.2) is 11.5 Å². The van der Waals surface area contributed by atoms with Crippen LogP contribution in [0, 0.1) is 0 Å². The normalized spacial score (nSPS) is 11.5. The molecule has 0 spiro atoms. The number of benzene rings is 2. The van der Waals surface area contributed by atoms with E-state index in [1.165, 1.54) is 216 Å². The Morgan fingerprint density at radius 3 is 0.944 bits per heavy atom. The van der Waals surface area contributed by atoms with Crippen molar-refractivity contribution in [3.63, 3.8) is 0 Å². The van der Waals surface area contributed by atoms with Gasteiger partial charge >= 0.3 is 0 Å². The maximum Gasteiger partial charge on any atom is 0.168 e. The highest BCUT2D eigenvalue weighted by molar-refractivity contribution is 5.90. The van der Waals surface area contributed by atoms with Crippen LogP contribution in [0.4, 0.5) is 0 Å². The third-order valence-corrected chi connectivity index (χ3v) is 11.5. The van der Waals surface area contributed by atoms with Gasteiger partial charge in [-0.15, -0.1) is 0 Å². The molecule has 54 heavy (non-hydrogen) atoms. The molecule has 0 radical (unpaired) electrons. The van der Waals surface area contributed by atoms with Crippen molar-refractivity contribution in [3.05, 3.63) is 36.4 Å². The zero-order valence-corrected chi connectivity index (χ0v) is 35.5. The lowest BCUT2D eigenvalue weighted by atomic mass is 10.0. The van der Waals surface area contributed by atoms with Gasteiger partial charge in [-0.05, 0) is 37.1 Å². The van der Waals surface area contributed by atoms with Gasteiger partial charge in [0, 0.05) is 18.6 Å². The van der Waals surface area contributed by atoms with Crippen LogP contribution in [0.1, 0.15) is 231 Å². The monoisotopic (exact) mass is 753 g/mol. The number of hydrogen-bond acceptors (Lipinski definition) is 4. The highest BCUT2D eigenvalue weighted by Gasteiger charge is 2.11. The first kappa shape index (κ1) is 48.4. The number of aliphatic hydroxyl groups is 2. The number of unbranched alkanes of at least 4 members (excludes halogenated alkanes) is 34. The number of rotatable bonds is 42. The van der Waals surface area contributed by atoms with Gasteiger partial charge in [-0.3, -0.25) is 0 Å². The first-order chi connectivity index (χ1) is 26.9. The average Bonchev–Trinajstić information content (AvgIpc) is 3.19. The molecule has 2 N–H and O–H groups in total. The molecule has 0 bridgehead atoms. The Hall–Kier alpha value is -1.78. The van der Waals surface area contributed by atoms with Crippen molar-refractivity contribution < 1.29 is 19.7 Å². The second kappa shape index (κ2) is 38.1. The van der Waals surface area contributed by atoms with Crippen LogP contribution in [-0.4, -0.2) is 36.6 Å². The lowest BCUT2D eigenvalue weighted by Gasteiger charge is -2.15. The van der Waals surface area contributed by atoms with E-state index in [4.69, 9.17) is 19.7 Å². The topological polar surface area (TPSA) is 58.9 Å². The van der Waals surface area contributed by atoms with Crippen molar-refractivity contribution >= 4 is 10.8 Å². The minimum Gasteiger partial charge on any atom is -0.490 e. The van der Waals surface area contributed by atoms with Crippen LogP contribution in [0.5, 0.6) is 11.5 Å². The number of fused-ring (bicyclic) bond motifs is 1. The van der Waals surface area contributed by atoms with Gasteiger partial charge < -0.3 is 19.7 Å². The molecular weight excluding hydrogens is 665 g/mol. The Morgan fingerprint density at radius 2 is 0.593 bits per heavy atom. The molecule has 0 saturated heterocycles. The third kappa shape index (κ3) is 27.7. The maximum absolute atomic E-state index is 8.85. The Kier molecular flexibility index (Phi) is 34.1. The predicted octanol–water partition coefficient (Wildman–Crippen LogP) is 15.6. The summed E-state index contributed by atoms with van der Waals surface area (Å²) in [6, 6.07) is 12.8. The smallest absolute Gasteiger partial charge is 0.168 e. The lowest BCUT2D eigenvalue weighted by molar-refractivity contribution is 0.261. The Morgan fingerprint density at radius 1 is 0.296 bits per heavy atom. The fourth-order valence-corrected chi connectivity index (χ4v) is 7.93. The van der Waals surface area contributed by atoms with Crippen molar-refractivity contribution in [2.45, 2.75) is 231 Å². The van der Waals surface area contributed by atoms with Crippen molar-refractivity contribution in [3.8, 4) is 11.5 Å². The van der Waals surface area contributed by atoms with Gasteiger partial charge in [-0.1, -0.05) is 236 Å². The minimum absolute atomic E-state index is 0.359. The van der Waals surface area contributed by atoms with Crippen LogP contribution in [-0.2, 0) is 0 Å². The molecule has 2 aromatic rings. The second-order valence-corrected chi connectivity index (χ2v) is 16.5. The van der Waals surface area contributed by atoms with Gasteiger partial charge in [0.2, 0.25) is 0 Å².